The molecular formula is C25H19Br3N4O3. The molecule has 7 nitrogen and oxygen atoms in total. The van der Waals surface area contributed by atoms with Crippen LogP contribution >= 0.6 is 47.8 Å². The van der Waals surface area contributed by atoms with Crippen LogP contribution in [0.5, 0.6) is 0 Å². The van der Waals surface area contributed by atoms with Crippen molar-refractivity contribution in [2.75, 3.05) is 16.1 Å². The first-order valence-electron chi connectivity index (χ1n) is 10.4. The predicted octanol–water partition coefficient (Wildman–Crippen LogP) is 6.51. The lowest BCUT2D eigenvalue weighted by molar-refractivity contribution is -0.133. The smallest absolute Gasteiger partial charge is 0.321 e. The van der Waals surface area contributed by atoms with E-state index in [9.17, 15) is 14.4 Å². The van der Waals surface area contributed by atoms with Crippen LogP contribution in [0.2, 0.25) is 0 Å². The molecule has 1 heterocycles. The lowest BCUT2D eigenvalue weighted by Gasteiger charge is -2.14. The van der Waals surface area contributed by atoms with Crippen LogP contribution in [0.25, 0.3) is 10.9 Å². The zero-order valence-corrected chi connectivity index (χ0v) is 23.3. The van der Waals surface area contributed by atoms with Crippen molar-refractivity contribution in [1.29, 1.82) is 0 Å². The minimum Gasteiger partial charge on any atom is -0.321 e. The molecule has 0 saturated heterocycles. The van der Waals surface area contributed by atoms with Gasteiger partial charge in [-0.25, -0.2) is 4.68 Å². The number of nitrogens with zero attached hydrogens (tertiary/aromatic N) is 1. The van der Waals surface area contributed by atoms with E-state index in [1.54, 1.807) is 36.4 Å². The van der Waals surface area contributed by atoms with E-state index >= 15 is 0 Å². The molecule has 3 amide bonds. The van der Waals surface area contributed by atoms with Gasteiger partial charge < -0.3 is 10.6 Å². The zero-order chi connectivity index (χ0) is 25.3. The number of benzene rings is 3. The molecule has 35 heavy (non-hydrogen) atoms. The minimum atomic E-state index is -0.915. The van der Waals surface area contributed by atoms with E-state index in [2.05, 4.69) is 63.8 Å². The normalized spacial score (nSPS) is 10.8. The van der Waals surface area contributed by atoms with E-state index < -0.39 is 17.7 Å². The maximum Gasteiger partial charge on any atom is 0.328 e. The SMILES string of the molecule is Cc1cc(NC(=O)c2cc3cc(Br)ccc3n2NC(=O)C(=O)Nc2ccc(Br)cc2C)ccc1Br. The van der Waals surface area contributed by atoms with Crippen LogP contribution in [0, 0.1) is 13.8 Å². The molecule has 0 saturated carbocycles. The van der Waals surface area contributed by atoms with E-state index in [1.807, 2.05) is 38.1 Å². The summed E-state index contributed by atoms with van der Waals surface area (Å²) < 4.78 is 3.92. The van der Waals surface area contributed by atoms with Gasteiger partial charge in [-0.05, 0) is 85.6 Å². The molecule has 0 aliphatic rings. The number of anilines is 2. The molecule has 0 atom stereocenters. The second kappa shape index (κ2) is 10.3. The highest BCUT2D eigenvalue weighted by molar-refractivity contribution is 9.11. The number of carbonyl (C=O) groups excluding carboxylic acids is 3. The molecule has 0 spiro atoms. The van der Waals surface area contributed by atoms with Gasteiger partial charge in [-0.15, -0.1) is 0 Å². The molecule has 0 unspecified atom stereocenters. The third-order valence-corrected chi connectivity index (χ3v) is 7.14. The lowest BCUT2D eigenvalue weighted by atomic mass is 10.2. The number of rotatable bonds is 4. The number of fused-ring (bicyclic) bond motifs is 1. The number of aryl methyl sites for hydroxylation is 2. The van der Waals surface area contributed by atoms with Gasteiger partial charge in [-0.3, -0.25) is 19.8 Å². The second-order valence-corrected chi connectivity index (χ2v) is 10.5. The Morgan fingerprint density at radius 2 is 1.46 bits per heavy atom. The summed E-state index contributed by atoms with van der Waals surface area (Å²) in [5.41, 5.74) is 6.16. The van der Waals surface area contributed by atoms with E-state index in [-0.39, 0.29) is 5.69 Å². The quantitative estimate of drug-likeness (QED) is 0.218. The summed E-state index contributed by atoms with van der Waals surface area (Å²) in [5.74, 6) is -2.21. The average Bonchev–Trinajstić information content (AvgIpc) is 3.15. The topological polar surface area (TPSA) is 92.2 Å². The molecule has 0 radical (unpaired) electrons. The van der Waals surface area contributed by atoms with Crippen molar-refractivity contribution < 1.29 is 14.4 Å². The Hall–Kier alpha value is -2.95. The Kier molecular flexibility index (Phi) is 7.44. The van der Waals surface area contributed by atoms with Crippen molar-refractivity contribution in [2.45, 2.75) is 13.8 Å². The standard InChI is InChI=1S/C25H19Br3N4O3/c1-13-10-18(5-6-19(13)28)29-23(33)22-12-15-11-17(27)4-8-21(15)32(22)31-25(35)24(34)30-20-7-3-16(26)9-14(20)2/h3-12H,1-2H3,(H,29,33)(H,30,34)(H,31,35). The molecular weight excluding hydrogens is 644 g/mol. The molecule has 10 heteroatoms. The fraction of sp³-hybridized carbons (Fsp3) is 0.0800. The molecule has 0 aliphatic carbocycles. The first kappa shape index (κ1) is 25.2. The van der Waals surface area contributed by atoms with Gasteiger partial charge in [0.1, 0.15) is 5.69 Å². The van der Waals surface area contributed by atoms with E-state index in [4.69, 9.17) is 0 Å². The van der Waals surface area contributed by atoms with Crippen molar-refractivity contribution in [3.63, 3.8) is 0 Å². The molecule has 0 bridgehead atoms. The second-order valence-electron chi connectivity index (χ2n) is 7.84. The molecule has 4 rings (SSSR count). The third kappa shape index (κ3) is 5.66. The first-order chi connectivity index (χ1) is 16.6. The van der Waals surface area contributed by atoms with Crippen LogP contribution in [0.15, 0.2) is 74.1 Å². The van der Waals surface area contributed by atoms with Gasteiger partial charge in [0.2, 0.25) is 0 Å². The Balaban J connectivity index is 1.63. The number of hydrogen-bond acceptors (Lipinski definition) is 3. The maximum absolute atomic E-state index is 13.2. The highest BCUT2D eigenvalue weighted by Gasteiger charge is 2.21. The van der Waals surface area contributed by atoms with Crippen LogP contribution in [0.3, 0.4) is 0 Å². The number of amides is 3. The summed E-state index contributed by atoms with van der Waals surface area (Å²) in [6.45, 7) is 3.74. The van der Waals surface area contributed by atoms with Crippen LogP contribution in [0.4, 0.5) is 11.4 Å². The number of carbonyl (C=O) groups is 3. The van der Waals surface area contributed by atoms with Crippen LogP contribution in [0.1, 0.15) is 21.6 Å². The van der Waals surface area contributed by atoms with Crippen molar-refractivity contribution in [3.05, 3.63) is 90.9 Å². The summed E-state index contributed by atoms with van der Waals surface area (Å²) in [6, 6.07) is 17.7. The summed E-state index contributed by atoms with van der Waals surface area (Å²) in [5, 5.41) is 6.17. The number of halogens is 3. The van der Waals surface area contributed by atoms with E-state index in [0.29, 0.717) is 22.3 Å². The van der Waals surface area contributed by atoms with Crippen molar-refractivity contribution in [3.8, 4) is 0 Å². The number of hydrogen-bond donors (Lipinski definition) is 3. The van der Waals surface area contributed by atoms with Crippen LogP contribution in [-0.2, 0) is 9.59 Å². The van der Waals surface area contributed by atoms with Crippen LogP contribution in [-0.4, -0.2) is 22.4 Å². The summed E-state index contributed by atoms with van der Waals surface area (Å²) in [7, 11) is 0. The van der Waals surface area contributed by atoms with Crippen molar-refractivity contribution in [2.24, 2.45) is 0 Å². The van der Waals surface area contributed by atoms with Gasteiger partial charge in [0.25, 0.3) is 5.91 Å². The highest BCUT2D eigenvalue weighted by atomic mass is 79.9. The summed E-state index contributed by atoms with van der Waals surface area (Å²) >= 11 is 10.2. The fourth-order valence-corrected chi connectivity index (χ4v) is 4.59. The van der Waals surface area contributed by atoms with Gasteiger partial charge in [-0.1, -0.05) is 47.8 Å². The third-order valence-electron chi connectivity index (χ3n) is 5.27. The zero-order valence-electron chi connectivity index (χ0n) is 18.6. The molecule has 4 aromatic rings. The monoisotopic (exact) mass is 660 g/mol. The Morgan fingerprint density at radius 1 is 0.743 bits per heavy atom. The summed E-state index contributed by atoms with van der Waals surface area (Å²) in [4.78, 5) is 38.7. The molecule has 178 valence electrons. The molecule has 3 N–H and O–H groups in total. The maximum atomic E-state index is 13.2. The Morgan fingerprint density at radius 3 is 2.17 bits per heavy atom. The van der Waals surface area contributed by atoms with Crippen molar-refractivity contribution in [1.82, 2.24) is 4.68 Å². The Labute approximate surface area is 226 Å². The number of nitrogens with one attached hydrogen (secondary N) is 3. The van der Waals surface area contributed by atoms with Gasteiger partial charge in [-0.2, -0.15) is 0 Å². The average molecular weight is 663 g/mol. The molecule has 3 aromatic carbocycles. The molecule has 0 fully saturated rings. The lowest BCUT2D eigenvalue weighted by Crippen LogP contribution is -2.36. The van der Waals surface area contributed by atoms with Gasteiger partial charge in [0.05, 0.1) is 5.52 Å². The van der Waals surface area contributed by atoms with E-state index in [1.165, 1.54) is 4.68 Å². The van der Waals surface area contributed by atoms with Gasteiger partial charge in [0, 0.05) is 30.2 Å². The summed E-state index contributed by atoms with van der Waals surface area (Å²) in [6.07, 6.45) is 0. The Bertz CT molecular complexity index is 1500. The fourth-order valence-electron chi connectivity index (χ4n) is 3.49. The largest absolute Gasteiger partial charge is 0.328 e. The predicted molar refractivity (Wildman–Crippen MR) is 148 cm³/mol. The van der Waals surface area contributed by atoms with Gasteiger partial charge >= 0.3 is 11.8 Å². The van der Waals surface area contributed by atoms with Gasteiger partial charge in [0.15, 0.2) is 0 Å². The molecule has 1 aromatic heterocycles. The minimum absolute atomic E-state index is 0.166. The number of aromatic nitrogens is 1. The van der Waals surface area contributed by atoms with Crippen LogP contribution < -0.4 is 16.1 Å². The van der Waals surface area contributed by atoms with E-state index in [0.717, 1.165) is 24.5 Å². The first-order valence-corrected chi connectivity index (χ1v) is 12.8. The molecule has 0 aliphatic heterocycles. The highest BCUT2D eigenvalue weighted by Crippen LogP contribution is 2.25. The van der Waals surface area contributed by atoms with Crippen molar-refractivity contribution >= 4 is 87.8 Å².